The Hall–Kier alpha value is -4.14. The summed E-state index contributed by atoms with van der Waals surface area (Å²) in [6.45, 7) is 1.12. The average molecular weight is 406 g/mol. The zero-order valence-corrected chi connectivity index (χ0v) is 15.8. The van der Waals surface area contributed by atoms with Crippen molar-refractivity contribution >= 4 is 28.5 Å². The number of halogens is 1. The fraction of sp³-hybridized carbons (Fsp3) is 0.0952. The lowest BCUT2D eigenvalue weighted by atomic mass is 10.1. The van der Waals surface area contributed by atoms with E-state index in [9.17, 15) is 18.8 Å². The van der Waals surface area contributed by atoms with Crippen LogP contribution in [0.3, 0.4) is 0 Å². The van der Waals surface area contributed by atoms with Crippen LogP contribution < -0.4 is 10.9 Å². The van der Waals surface area contributed by atoms with Gasteiger partial charge in [0.2, 0.25) is 5.91 Å². The summed E-state index contributed by atoms with van der Waals surface area (Å²) in [6.07, 6.45) is 1.19. The molecule has 0 aliphatic heterocycles. The molecule has 0 radical (unpaired) electrons. The summed E-state index contributed by atoms with van der Waals surface area (Å²) < 4.78 is 19.4. The second-order valence-electron chi connectivity index (χ2n) is 6.58. The highest BCUT2D eigenvalue weighted by molar-refractivity contribution is 5.97. The number of rotatable bonds is 5. The summed E-state index contributed by atoms with van der Waals surface area (Å²) in [5.74, 6) is -1.02. The number of hydrogen-bond donors (Lipinski definition) is 1. The second kappa shape index (κ2) is 7.70. The molecule has 8 nitrogen and oxygen atoms in total. The van der Waals surface area contributed by atoms with Crippen molar-refractivity contribution in [2.75, 3.05) is 5.32 Å². The first-order valence-electron chi connectivity index (χ1n) is 8.94. The van der Waals surface area contributed by atoms with Crippen LogP contribution in [0, 0.1) is 5.82 Å². The van der Waals surface area contributed by atoms with Gasteiger partial charge in [-0.25, -0.2) is 9.37 Å². The van der Waals surface area contributed by atoms with Crippen molar-refractivity contribution in [3.05, 3.63) is 76.6 Å². The molecule has 2 aromatic carbocycles. The number of Topliss-reactive ketones (excluding diaryl/α,β-unsaturated/α-hetero) is 1. The Morgan fingerprint density at radius 2 is 1.93 bits per heavy atom. The first-order chi connectivity index (χ1) is 14.4. The van der Waals surface area contributed by atoms with Crippen molar-refractivity contribution in [1.82, 2.24) is 14.7 Å². The van der Waals surface area contributed by atoms with Crippen molar-refractivity contribution in [2.24, 2.45) is 0 Å². The Balaban J connectivity index is 1.62. The molecule has 1 N–H and O–H groups in total. The molecule has 0 fully saturated rings. The van der Waals surface area contributed by atoms with E-state index in [2.05, 4.69) is 15.5 Å². The predicted molar refractivity (Wildman–Crippen MR) is 107 cm³/mol. The minimum Gasteiger partial charge on any atom is -0.335 e. The van der Waals surface area contributed by atoms with Gasteiger partial charge in [0.1, 0.15) is 29.8 Å². The van der Waals surface area contributed by atoms with E-state index in [0.29, 0.717) is 16.8 Å². The van der Waals surface area contributed by atoms with Crippen LogP contribution in [0.1, 0.15) is 17.3 Å². The summed E-state index contributed by atoms with van der Waals surface area (Å²) in [7, 11) is 0. The molecular formula is C21H15FN4O4. The molecule has 0 bridgehead atoms. The lowest BCUT2D eigenvalue weighted by Gasteiger charge is -2.08. The fourth-order valence-electron chi connectivity index (χ4n) is 2.97. The smallest absolute Gasteiger partial charge is 0.267 e. The van der Waals surface area contributed by atoms with Gasteiger partial charge in [-0.2, -0.15) is 0 Å². The molecule has 9 heteroatoms. The van der Waals surface area contributed by atoms with Gasteiger partial charge in [0.25, 0.3) is 11.3 Å². The Morgan fingerprint density at radius 1 is 1.17 bits per heavy atom. The van der Waals surface area contributed by atoms with E-state index in [-0.39, 0.29) is 29.1 Å². The van der Waals surface area contributed by atoms with E-state index in [4.69, 9.17) is 4.52 Å². The van der Waals surface area contributed by atoms with E-state index in [1.165, 1.54) is 37.5 Å². The normalized spacial score (nSPS) is 10.9. The molecule has 0 unspecified atom stereocenters. The minimum atomic E-state index is -0.520. The molecular weight excluding hydrogens is 391 g/mol. The summed E-state index contributed by atoms with van der Waals surface area (Å²) in [5.41, 5.74) is 1.09. The van der Waals surface area contributed by atoms with Gasteiger partial charge in [0.15, 0.2) is 5.78 Å². The van der Waals surface area contributed by atoms with E-state index < -0.39 is 17.3 Å². The Kier molecular flexibility index (Phi) is 4.93. The highest BCUT2D eigenvalue weighted by atomic mass is 19.1. The minimum absolute atomic E-state index is 0.0187. The van der Waals surface area contributed by atoms with Crippen molar-refractivity contribution in [3.8, 4) is 11.3 Å². The number of ketones is 1. The molecule has 1 amide bonds. The highest BCUT2D eigenvalue weighted by Crippen LogP contribution is 2.24. The molecule has 0 saturated carbocycles. The molecule has 150 valence electrons. The van der Waals surface area contributed by atoms with E-state index >= 15 is 0 Å². The third-order valence-corrected chi connectivity index (χ3v) is 4.45. The van der Waals surface area contributed by atoms with Gasteiger partial charge in [0, 0.05) is 16.8 Å². The number of anilines is 1. The number of fused-ring (bicyclic) bond motifs is 1. The number of nitrogens with one attached hydrogen (secondary N) is 1. The number of amides is 1. The third kappa shape index (κ3) is 3.72. The van der Waals surface area contributed by atoms with Crippen LogP contribution in [0.4, 0.5) is 10.1 Å². The fourth-order valence-corrected chi connectivity index (χ4v) is 2.97. The van der Waals surface area contributed by atoms with Gasteiger partial charge >= 0.3 is 0 Å². The van der Waals surface area contributed by atoms with Crippen LogP contribution in [-0.2, 0) is 11.3 Å². The molecule has 0 aliphatic rings. The van der Waals surface area contributed by atoms with Crippen molar-refractivity contribution in [1.29, 1.82) is 0 Å². The number of benzene rings is 2. The van der Waals surface area contributed by atoms with Gasteiger partial charge in [-0.05, 0) is 43.3 Å². The van der Waals surface area contributed by atoms with Gasteiger partial charge in [-0.1, -0.05) is 17.3 Å². The molecule has 0 atom stereocenters. The number of carbonyl (C=O) groups excluding carboxylic acids is 2. The predicted octanol–water partition coefficient (Wildman–Crippen LogP) is 3.03. The lowest BCUT2D eigenvalue weighted by molar-refractivity contribution is -0.116. The molecule has 0 aliphatic carbocycles. The first kappa shape index (κ1) is 19.2. The summed E-state index contributed by atoms with van der Waals surface area (Å²) in [5, 5.41) is 6.61. The van der Waals surface area contributed by atoms with Crippen molar-refractivity contribution < 1.29 is 18.5 Å². The maximum atomic E-state index is 13.2. The Labute approximate surface area is 169 Å². The van der Waals surface area contributed by atoms with Crippen molar-refractivity contribution in [2.45, 2.75) is 13.5 Å². The number of carbonyl (C=O) groups is 2. The number of nitrogens with zero attached hydrogens (tertiary/aromatic N) is 3. The van der Waals surface area contributed by atoms with E-state index in [0.717, 1.165) is 4.57 Å². The van der Waals surface area contributed by atoms with Gasteiger partial charge in [-0.3, -0.25) is 19.0 Å². The zero-order valence-electron chi connectivity index (χ0n) is 15.8. The van der Waals surface area contributed by atoms with Crippen LogP contribution in [-0.4, -0.2) is 26.4 Å². The molecule has 2 heterocycles. The maximum absolute atomic E-state index is 13.2. The van der Waals surface area contributed by atoms with E-state index in [1.807, 2.05) is 0 Å². The monoisotopic (exact) mass is 406 g/mol. The molecule has 0 saturated heterocycles. The summed E-state index contributed by atoms with van der Waals surface area (Å²) in [4.78, 5) is 40.8. The van der Waals surface area contributed by atoms with Gasteiger partial charge < -0.3 is 9.84 Å². The zero-order chi connectivity index (χ0) is 21.3. The highest BCUT2D eigenvalue weighted by Gasteiger charge is 2.18. The molecule has 4 aromatic rings. The average Bonchev–Trinajstić information content (AvgIpc) is 3.16. The van der Waals surface area contributed by atoms with Gasteiger partial charge in [0.05, 0.1) is 0 Å². The Bertz CT molecular complexity index is 1330. The summed E-state index contributed by atoms with van der Waals surface area (Å²) >= 11 is 0. The quantitative estimate of drug-likeness (QED) is 0.511. The summed E-state index contributed by atoms with van der Waals surface area (Å²) in [6, 6.07) is 11.9. The molecule has 2 aromatic heterocycles. The molecule has 4 rings (SSSR count). The van der Waals surface area contributed by atoms with Gasteiger partial charge in [-0.15, -0.1) is 0 Å². The van der Waals surface area contributed by atoms with Crippen LogP contribution in [0.2, 0.25) is 0 Å². The standard InChI is InChI=1S/C21H15FN4O4/c1-12(27)14-3-2-4-16(9-14)24-17(28)10-26-11-23-20-18(21(26)29)19(25-30-20)13-5-7-15(22)8-6-13/h2-9,11H,10H2,1H3,(H,24,28). The number of hydrogen-bond acceptors (Lipinski definition) is 6. The molecule has 30 heavy (non-hydrogen) atoms. The third-order valence-electron chi connectivity index (χ3n) is 4.45. The lowest BCUT2D eigenvalue weighted by Crippen LogP contribution is -2.27. The largest absolute Gasteiger partial charge is 0.335 e. The van der Waals surface area contributed by atoms with Crippen molar-refractivity contribution in [3.63, 3.8) is 0 Å². The SMILES string of the molecule is CC(=O)c1cccc(NC(=O)Cn2cnc3onc(-c4ccc(F)cc4)c3c2=O)c1. The number of aromatic nitrogens is 3. The Morgan fingerprint density at radius 3 is 2.67 bits per heavy atom. The molecule has 0 spiro atoms. The van der Waals surface area contributed by atoms with Crippen LogP contribution in [0.5, 0.6) is 0 Å². The second-order valence-corrected chi connectivity index (χ2v) is 6.58. The van der Waals surface area contributed by atoms with Crippen LogP contribution in [0.25, 0.3) is 22.4 Å². The topological polar surface area (TPSA) is 107 Å². The van der Waals surface area contributed by atoms with E-state index in [1.54, 1.807) is 24.3 Å². The maximum Gasteiger partial charge on any atom is 0.267 e. The van der Waals surface area contributed by atoms with Crippen LogP contribution in [0.15, 0.2) is 64.2 Å². The first-order valence-corrected chi connectivity index (χ1v) is 8.94. The van der Waals surface area contributed by atoms with Crippen LogP contribution >= 0.6 is 0 Å².